The molecule has 6 rings (SSSR count). The average Bonchev–Trinajstić information content (AvgIpc) is 3.52. The number of hydrogen-bond acceptors (Lipinski definition) is 4. The van der Waals surface area contributed by atoms with Crippen molar-refractivity contribution in [3.05, 3.63) is 72.2 Å². The second kappa shape index (κ2) is 8.53. The SMILES string of the molecule is O=C(c1ccc(F)c(F)c1F)N1CCC(N2CC(n3ccc(-c4ncnc5[nH]ccc45)c3)C2)CC1. The van der Waals surface area contributed by atoms with Gasteiger partial charge in [-0.1, -0.05) is 0 Å². The van der Waals surface area contributed by atoms with Crippen LogP contribution in [0.5, 0.6) is 0 Å². The van der Waals surface area contributed by atoms with E-state index in [1.165, 1.54) is 4.90 Å². The Balaban J connectivity index is 1.05. The summed E-state index contributed by atoms with van der Waals surface area (Å²) < 4.78 is 43.0. The quantitative estimate of drug-likeness (QED) is 0.449. The van der Waals surface area contributed by atoms with E-state index in [4.69, 9.17) is 0 Å². The number of carbonyl (C=O) groups is 1. The van der Waals surface area contributed by atoms with E-state index in [2.05, 4.69) is 42.9 Å². The molecule has 2 aliphatic rings. The van der Waals surface area contributed by atoms with Crippen molar-refractivity contribution in [2.45, 2.75) is 24.9 Å². The number of piperidine rings is 1. The van der Waals surface area contributed by atoms with Gasteiger partial charge in [0.1, 0.15) is 12.0 Å². The van der Waals surface area contributed by atoms with Crippen molar-refractivity contribution in [2.75, 3.05) is 26.2 Å². The average molecular weight is 480 g/mol. The summed E-state index contributed by atoms with van der Waals surface area (Å²) in [5.74, 6) is -4.92. The van der Waals surface area contributed by atoms with Gasteiger partial charge in [-0.15, -0.1) is 0 Å². The van der Waals surface area contributed by atoms with E-state index in [0.717, 1.165) is 60.4 Å². The highest BCUT2D eigenvalue weighted by atomic mass is 19.2. The van der Waals surface area contributed by atoms with Crippen LogP contribution in [-0.2, 0) is 0 Å². The monoisotopic (exact) mass is 480 g/mol. The molecule has 5 heterocycles. The van der Waals surface area contributed by atoms with Crippen molar-refractivity contribution in [2.24, 2.45) is 0 Å². The van der Waals surface area contributed by atoms with Gasteiger partial charge in [0.2, 0.25) is 0 Å². The van der Waals surface area contributed by atoms with E-state index in [-0.39, 0.29) is 0 Å². The molecule has 0 unspecified atom stereocenters. The molecule has 0 aliphatic carbocycles. The summed E-state index contributed by atoms with van der Waals surface area (Å²) >= 11 is 0. The fourth-order valence-corrected chi connectivity index (χ4v) is 5.15. The molecule has 0 radical (unpaired) electrons. The molecular formula is C25H23F3N6O. The fourth-order valence-electron chi connectivity index (χ4n) is 5.15. The lowest BCUT2D eigenvalue weighted by Gasteiger charge is -2.47. The van der Waals surface area contributed by atoms with Crippen LogP contribution in [0.4, 0.5) is 13.2 Å². The highest BCUT2D eigenvalue weighted by molar-refractivity contribution is 5.94. The number of H-pyrrole nitrogens is 1. The number of aromatic nitrogens is 4. The molecule has 4 aromatic rings. The smallest absolute Gasteiger partial charge is 0.256 e. The van der Waals surface area contributed by atoms with Crippen molar-refractivity contribution < 1.29 is 18.0 Å². The standard InChI is InChI=1S/C25H23F3N6O/c26-20-2-1-18(21(27)22(20)28)25(35)32-9-5-16(6-10-32)34-12-17(13-34)33-8-4-15(11-33)23-19-3-7-29-24(19)31-14-30-23/h1-4,7-8,11,14,16-17H,5-6,9-10,12-13H2,(H,29,30,31). The second-order valence-corrected chi connectivity index (χ2v) is 9.16. The molecular weight excluding hydrogens is 457 g/mol. The summed E-state index contributed by atoms with van der Waals surface area (Å²) in [6, 6.07) is 6.54. The summed E-state index contributed by atoms with van der Waals surface area (Å²) in [5.41, 5.74) is 2.34. The Bertz CT molecular complexity index is 1400. The number of carbonyl (C=O) groups excluding carboxylic acids is 1. The van der Waals surface area contributed by atoms with Crippen LogP contribution >= 0.6 is 0 Å². The first kappa shape index (κ1) is 21.8. The Morgan fingerprint density at radius 1 is 0.971 bits per heavy atom. The number of halogens is 3. The lowest BCUT2D eigenvalue weighted by atomic mass is 9.97. The van der Waals surface area contributed by atoms with Gasteiger partial charge in [-0.3, -0.25) is 9.69 Å². The van der Waals surface area contributed by atoms with Crippen LogP contribution in [0.3, 0.4) is 0 Å². The second-order valence-electron chi connectivity index (χ2n) is 9.16. The van der Waals surface area contributed by atoms with Gasteiger partial charge in [-0.05, 0) is 37.1 Å². The van der Waals surface area contributed by atoms with Crippen LogP contribution in [0.15, 0.2) is 49.2 Å². The van der Waals surface area contributed by atoms with Gasteiger partial charge in [0, 0.05) is 61.8 Å². The minimum Gasteiger partial charge on any atom is -0.348 e. The van der Waals surface area contributed by atoms with Crippen molar-refractivity contribution >= 4 is 16.9 Å². The summed E-state index contributed by atoms with van der Waals surface area (Å²) in [4.78, 5) is 28.4. The maximum Gasteiger partial charge on any atom is 0.256 e. The van der Waals surface area contributed by atoms with Crippen LogP contribution in [0.2, 0.25) is 0 Å². The molecule has 3 aromatic heterocycles. The maximum absolute atomic E-state index is 14.0. The number of fused-ring (bicyclic) bond motifs is 1. The third-order valence-electron chi connectivity index (χ3n) is 7.19. The van der Waals surface area contributed by atoms with Gasteiger partial charge >= 0.3 is 0 Å². The van der Waals surface area contributed by atoms with E-state index >= 15 is 0 Å². The zero-order valence-electron chi connectivity index (χ0n) is 18.8. The van der Waals surface area contributed by atoms with Crippen molar-refractivity contribution in [3.63, 3.8) is 0 Å². The van der Waals surface area contributed by atoms with Gasteiger partial charge < -0.3 is 14.5 Å². The van der Waals surface area contributed by atoms with E-state index < -0.39 is 28.9 Å². The Hall–Kier alpha value is -3.66. The number of benzene rings is 1. The molecule has 180 valence electrons. The van der Waals surface area contributed by atoms with Crippen LogP contribution in [0, 0.1) is 17.5 Å². The summed E-state index contributed by atoms with van der Waals surface area (Å²) in [6.45, 7) is 2.73. The summed E-state index contributed by atoms with van der Waals surface area (Å²) in [5, 5.41) is 0.991. The number of nitrogens with one attached hydrogen (secondary N) is 1. The zero-order chi connectivity index (χ0) is 24.1. The molecule has 0 atom stereocenters. The molecule has 2 aliphatic heterocycles. The summed E-state index contributed by atoms with van der Waals surface area (Å²) in [6.07, 6.45) is 9.13. The Kier molecular flexibility index (Phi) is 5.32. The molecule has 2 saturated heterocycles. The largest absolute Gasteiger partial charge is 0.348 e. The molecule has 2 fully saturated rings. The van der Waals surface area contributed by atoms with Crippen LogP contribution < -0.4 is 0 Å². The van der Waals surface area contributed by atoms with E-state index in [1.54, 1.807) is 6.33 Å². The molecule has 10 heteroatoms. The van der Waals surface area contributed by atoms with Crippen LogP contribution in [0.1, 0.15) is 29.2 Å². The van der Waals surface area contributed by atoms with Gasteiger partial charge in [0.15, 0.2) is 17.5 Å². The molecule has 1 amide bonds. The number of nitrogens with zero attached hydrogens (tertiary/aromatic N) is 5. The number of amides is 1. The molecule has 0 bridgehead atoms. The topological polar surface area (TPSA) is 70.1 Å². The van der Waals surface area contributed by atoms with Crippen LogP contribution in [0.25, 0.3) is 22.3 Å². The molecule has 0 spiro atoms. The molecule has 35 heavy (non-hydrogen) atoms. The van der Waals surface area contributed by atoms with Crippen molar-refractivity contribution in [1.82, 2.24) is 29.3 Å². The molecule has 7 nitrogen and oxygen atoms in total. The third kappa shape index (κ3) is 3.78. The first-order valence-electron chi connectivity index (χ1n) is 11.6. The van der Waals surface area contributed by atoms with Gasteiger partial charge in [0.25, 0.3) is 5.91 Å². The minimum atomic E-state index is -1.61. The Morgan fingerprint density at radius 2 is 1.77 bits per heavy atom. The first-order chi connectivity index (χ1) is 17.0. The van der Waals surface area contributed by atoms with Crippen molar-refractivity contribution in [3.8, 4) is 11.3 Å². The lowest BCUT2D eigenvalue weighted by Crippen LogP contribution is -2.56. The zero-order valence-corrected chi connectivity index (χ0v) is 18.8. The highest BCUT2D eigenvalue weighted by Gasteiger charge is 2.36. The number of likely N-dealkylation sites (tertiary alicyclic amines) is 2. The van der Waals surface area contributed by atoms with Gasteiger partial charge in [-0.2, -0.15) is 0 Å². The summed E-state index contributed by atoms with van der Waals surface area (Å²) in [7, 11) is 0. The molecule has 1 aromatic carbocycles. The van der Waals surface area contributed by atoms with Crippen LogP contribution in [-0.4, -0.2) is 67.4 Å². The maximum atomic E-state index is 14.0. The van der Waals surface area contributed by atoms with Gasteiger partial charge in [0.05, 0.1) is 17.3 Å². The fraction of sp³-hybridized carbons (Fsp3) is 0.320. The van der Waals surface area contributed by atoms with Gasteiger partial charge in [-0.25, -0.2) is 23.1 Å². The predicted octanol–water partition coefficient (Wildman–Crippen LogP) is 4.01. The normalized spacial score (nSPS) is 17.7. The first-order valence-corrected chi connectivity index (χ1v) is 11.6. The van der Waals surface area contributed by atoms with Crippen molar-refractivity contribution in [1.29, 1.82) is 0 Å². The number of hydrogen-bond donors (Lipinski definition) is 1. The van der Waals surface area contributed by atoms with E-state index in [9.17, 15) is 18.0 Å². The molecule has 1 N–H and O–H groups in total. The van der Waals surface area contributed by atoms with E-state index in [0.29, 0.717) is 25.2 Å². The number of rotatable bonds is 4. The molecule has 0 saturated carbocycles. The third-order valence-corrected chi connectivity index (χ3v) is 7.19. The Labute approximate surface area is 199 Å². The minimum absolute atomic E-state index is 0.335. The lowest BCUT2D eigenvalue weighted by molar-refractivity contribution is 0.0233. The van der Waals surface area contributed by atoms with E-state index in [1.807, 2.05) is 12.3 Å². The highest BCUT2D eigenvalue weighted by Crippen LogP contribution is 2.32. The number of aromatic amines is 1. The predicted molar refractivity (Wildman–Crippen MR) is 123 cm³/mol. The Morgan fingerprint density at radius 3 is 2.57 bits per heavy atom.